The second-order valence-corrected chi connectivity index (χ2v) is 4.37. The van der Waals surface area contributed by atoms with Gasteiger partial charge in [-0.05, 0) is 24.5 Å². The maximum atomic E-state index is 10.5. The van der Waals surface area contributed by atoms with Crippen LogP contribution in [-0.4, -0.2) is 8.96 Å². The van der Waals surface area contributed by atoms with Crippen molar-refractivity contribution in [2.45, 2.75) is 18.6 Å². The van der Waals surface area contributed by atoms with E-state index in [1.54, 1.807) is 19.9 Å². The fourth-order valence-corrected chi connectivity index (χ4v) is 0.386. The molecule has 0 heterocycles. The Morgan fingerprint density at radius 1 is 1.75 bits per heavy atom. The molecule has 0 amide bonds. The summed E-state index contributed by atoms with van der Waals surface area (Å²) in [6, 6.07) is 0. The van der Waals surface area contributed by atoms with Crippen molar-refractivity contribution in [2.75, 3.05) is 0 Å². The van der Waals surface area contributed by atoms with E-state index in [0.29, 0.717) is 0 Å². The highest BCUT2D eigenvalue weighted by atomic mass is 35.7. The molecule has 1 nitrogen and oxygen atoms in total. The van der Waals surface area contributed by atoms with Crippen LogP contribution in [0.4, 0.5) is 0 Å². The topological polar surface area (TPSA) is 17.1 Å². The molecule has 0 fully saturated rings. The highest BCUT2D eigenvalue weighted by Crippen LogP contribution is 2.16. The van der Waals surface area contributed by atoms with E-state index in [1.807, 2.05) is 0 Å². The third-order valence-corrected chi connectivity index (χ3v) is 3.09. The summed E-state index contributed by atoms with van der Waals surface area (Å²) in [6.45, 7) is 7.01. The Hall–Kier alpha value is 0.180. The Balaban J connectivity index is 4.12. The van der Waals surface area contributed by atoms with E-state index in [1.165, 1.54) is 0 Å². The molecule has 0 aliphatic rings. The number of hydrogen-bond donors (Lipinski definition) is 0. The van der Waals surface area contributed by atoms with Crippen LogP contribution >= 0.6 is 10.7 Å². The van der Waals surface area contributed by atoms with E-state index < -0.39 is 14.8 Å². The largest absolute Gasteiger partial charge is 0.242 e. The highest BCUT2D eigenvalue weighted by molar-refractivity contribution is 8.09. The molecule has 3 heteroatoms. The van der Waals surface area contributed by atoms with Gasteiger partial charge in [0.25, 0.3) is 0 Å². The summed E-state index contributed by atoms with van der Waals surface area (Å²) in [6.07, 6.45) is 1.58. The van der Waals surface area contributed by atoms with E-state index in [0.717, 1.165) is 0 Å². The van der Waals surface area contributed by atoms with Gasteiger partial charge in [-0.15, -0.1) is 6.58 Å². The lowest BCUT2D eigenvalue weighted by atomic mass is 10.2. The molecule has 0 spiro atoms. The van der Waals surface area contributed by atoms with Crippen LogP contribution in [0.1, 0.15) is 13.8 Å². The number of hydrogen-bond acceptors (Lipinski definition) is 1. The number of halogens is 1. The molecule has 0 saturated heterocycles. The lowest BCUT2D eigenvalue weighted by molar-refractivity contribution is 0.673. The van der Waals surface area contributed by atoms with Gasteiger partial charge in [-0.25, -0.2) is 4.21 Å². The zero-order valence-electron chi connectivity index (χ0n) is 4.98. The predicted molar refractivity (Wildman–Crippen MR) is 38.3 cm³/mol. The first-order valence-electron chi connectivity index (χ1n) is 2.22. The fraction of sp³-hybridized carbons (Fsp3) is 0.600. The van der Waals surface area contributed by atoms with Gasteiger partial charge < -0.3 is 0 Å². The molecule has 0 N–H and O–H groups in total. The molecule has 0 radical (unpaired) electrons. The molecule has 0 aromatic heterocycles. The fourth-order valence-electron chi connectivity index (χ4n) is 0.0655. The van der Waals surface area contributed by atoms with Crippen LogP contribution in [0.25, 0.3) is 0 Å². The molecule has 0 aliphatic carbocycles. The SMILES string of the molecule is C=CC(C)(C)S(=O)Cl. The van der Waals surface area contributed by atoms with Crippen LogP contribution in [0.2, 0.25) is 0 Å². The second-order valence-electron chi connectivity index (χ2n) is 2.03. The van der Waals surface area contributed by atoms with Crippen molar-refractivity contribution < 1.29 is 4.21 Å². The lowest BCUT2D eigenvalue weighted by Gasteiger charge is -2.11. The van der Waals surface area contributed by atoms with Crippen molar-refractivity contribution in [1.82, 2.24) is 0 Å². The van der Waals surface area contributed by atoms with Gasteiger partial charge in [0.05, 0.1) is 4.75 Å². The van der Waals surface area contributed by atoms with E-state index >= 15 is 0 Å². The first kappa shape index (κ1) is 8.18. The average Bonchev–Trinajstić information content (AvgIpc) is 1.67. The van der Waals surface area contributed by atoms with Crippen molar-refractivity contribution in [3.05, 3.63) is 12.7 Å². The van der Waals surface area contributed by atoms with Crippen molar-refractivity contribution in [1.29, 1.82) is 0 Å². The van der Waals surface area contributed by atoms with Crippen LogP contribution < -0.4 is 0 Å². The Bertz CT molecular complexity index is 120. The predicted octanol–water partition coefficient (Wildman–Crippen LogP) is 1.85. The highest BCUT2D eigenvalue weighted by Gasteiger charge is 2.18. The molecule has 0 saturated carbocycles. The van der Waals surface area contributed by atoms with Crippen LogP contribution in [0.5, 0.6) is 0 Å². The summed E-state index contributed by atoms with van der Waals surface area (Å²) in [5.74, 6) is 0. The van der Waals surface area contributed by atoms with Crippen LogP contribution in [-0.2, 0) is 10.0 Å². The van der Waals surface area contributed by atoms with E-state index in [9.17, 15) is 4.21 Å². The van der Waals surface area contributed by atoms with Crippen molar-refractivity contribution >= 4 is 20.7 Å². The van der Waals surface area contributed by atoms with E-state index in [2.05, 4.69) is 6.58 Å². The molecular weight excluding hydrogens is 144 g/mol. The van der Waals surface area contributed by atoms with Gasteiger partial charge in [0.2, 0.25) is 0 Å². The molecule has 1 atom stereocenters. The van der Waals surface area contributed by atoms with E-state index in [4.69, 9.17) is 10.7 Å². The maximum absolute atomic E-state index is 10.5. The Morgan fingerprint density at radius 2 is 2.12 bits per heavy atom. The summed E-state index contributed by atoms with van der Waals surface area (Å²) >= 11 is 0. The van der Waals surface area contributed by atoms with Gasteiger partial charge in [-0.1, -0.05) is 6.08 Å². The summed E-state index contributed by atoms with van der Waals surface area (Å²) in [5, 5.41) is 0. The monoisotopic (exact) mass is 152 g/mol. The first-order valence-corrected chi connectivity index (χ1v) is 4.20. The summed E-state index contributed by atoms with van der Waals surface area (Å²) < 4.78 is 10.0. The van der Waals surface area contributed by atoms with Crippen molar-refractivity contribution in [3.63, 3.8) is 0 Å². The molecule has 0 bridgehead atoms. The Labute approximate surface area is 56.7 Å². The molecule has 48 valence electrons. The summed E-state index contributed by atoms with van der Waals surface area (Å²) in [4.78, 5) is 0. The summed E-state index contributed by atoms with van der Waals surface area (Å²) in [5.41, 5.74) is 0. The molecule has 0 aromatic rings. The molecule has 0 aliphatic heterocycles. The summed E-state index contributed by atoms with van der Waals surface area (Å²) in [7, 11) is 3.95. The number of rotatable bonds is 2. The minimum absolute atomic E-state index is 0.457. The van der Waals surface area contributed by atoms with Gasteiger partial charge in [-0.3, -0.25) is 0 Å². The van der Waals surface area contributed by atoms with Crippen LogP contribution in [0.3, 0.4) is 0 Å². The van der Waals surface area contributed by atoms with Gasteiger partial charge in [0.15, 0.2) is 0 Å². The molecule has 0 rings (SSSR count). The lowest BCUT2D eigenvalue weighted by Crippen LogP contribution is -2.18. The van der Waals surface area contributed by atoms with Crippen molar-refractivity contribution in [3.8, 4) is 0 Å². The first-order chi connectivity index (χ1) is 3.50. The molecule has 8 heavy (non-hydrogen) atoms. The quantitative estimate of drug-likeness (QED) is 0.436. The molecule has 1 unspecified atom stereocenters. The third kappa shape index (κ3) is 1.97. The minimum Gasteiger partial charge on any atom is -0.242 e. The third-order valence-electron chi connectivity index (χ3n) is 0.905. The maximum Gasteiger partial charge on any atom is 0.124 e. The van der Waals surface area contributed by atoms with E-state index in [-0.39, 0.29) is 0 Å². The van der Waals surface area contributed by atoms with Gasteiger partial charge in [0.1, 0.15) is 10.0 Å². The van der Waals surface area contributed by atoms with Gasteiger partial charge in [-0.2, -0.15) is 0 Å². The zero-order valence-corrected chi connectivity index (χ0v) is 6.55. The zero-order chi connectivity index (χ0) is 6.78. The van der Waals surface area contributed by atoms with Gasteiger partial charge >= 0.3 is 0 Å². The Morgan fingerprint density at radius 3 is 2.12 bits per heavy atom. The Kier molecular flexibility index (Phi) is 2.71. The standard InChI is InChI=1S/C5H9ClOS/c1-4-5(2,3)8(6)7/h4H,1H2,2-3H3. The van der Waals surface area contributed by atoms with Crippen LogP contribution in [0.15, 0.2) is 12.7 Å². The smallest absolute Gasteiger partial charge is 0.124 e. The molecule has 0 aromatic carbocycles. The average molecular weight is 153 g/mol. The molecular formula is C5H9ClOS. The minimum atomic E-state index is -1.32. The van der Waals surface area contributed by atoms with Crippen LogP contribution in [0, 0.1) is 0 Å². The van der Waals surface area contributed by atoms with Gasteiger partial charge in [0, 0.05) is 0 Å². The second kappa shape index (κ2) is 2.65. The van der Waals surface area contributed by atoms with Crippen molar-refractivity contribution in [2.24, 2.45) is 0 Å². The normalized spacial score (nSPS) is 15.4.